The van der Waals surface area contributed by atoms with Crippen LogP contribution in [0.1, 0.15) is 13.3 Å². The van der Waals surface area contributed by atoms with Crippen LogP contribution in [-0.2, 0) is 0 Å². The fraction of sp³-hybridized carbons (Fsp3) is 0.556. The first kappa shape index (κ1) is 17.5. The Morgan fingerprint density at radius 3 is 2.84 bits per heavy atom. The lowest BCUT2D eigenvalue weighted by atomic mass is 9.93. The highest BCUT2D eigenvalue weighted by Crippen LogP contribution is 2.23. The van der Waals surface area contributed by atoms with Crippen LogP contribution in [0.2, 0.25) is 0 Å². The summed E-state index contributed by atoms with van der Waals surface area (Å²) in [7, 11) is 3.98. The van der Waals surface area contributed by atoms with E-state index in [1.807, 2.05) is 36.2 Å². The molecule has 136 valence electrons. The number of rotatable bonds is 3. The number of hydrogen-bond acceptors (Lipinski definition) is 3. The quantitative estimate of drug-likeness (QED) is 0.881. The van der Waals surface area contributed by atoms with Gasteiger partial charge in [0.2, 0.25) is 0 Å². The molecular weight excluding hydrogens is 318 g/mol. The van der Waals surface area contributed by atoms with Gasteiger partial charge in [0.05, 0.1) is 0 Å². The van der Waals surface area contributed by atoms with E-state index in [4.69, 9.17) is 0 Å². The van der Waals surface area contributed by atoms with Crippen LogP contribution >= 0.6 is 0 Å². The highest BCUT2D eigenvalue weighted by atomic mass is 16.2. The lowest BCUT2D eigenvalue weighted by molar-refractivity contribution is 0.113. The number of carbonyl (C=O) groups is 2. The molecule has 2 heterocycles. The van der Waals surface area contributed by atoms with Crippen LogP contribution in [-0.4, -0.2) is 68.2 Å². The van der Waals surface area contributed by atoms with Crippen LogP contribution in [0.5, 0.6) is 0 Å². The smallest absolute Gasteiger partial charge is 0.321 e. The number of urea groups is 2. The second-order valence-electron chi connectivity index (χ2n) is 7.07. The number of hydrogen-bond donors (Lipinski definition) is 2. The van der Waals surface area contributed by atoms with E-state index in [-0.39, 0.29) is 18.1 Å². The van der Waals surface area contributed by atoms with Crippen molar-refractivity contribution < 1.29 is 9.59 Å². The van der Waals surface area contributed by atoms with Crippen LogP contribution in [0.25, 0.3) is 0 Å². The third-order valence-electron chi connectivity index (χ3n) is 5.15. The van der Waals surface area contributed by atoms with Gasteiger partial charge in [-0.3, -0.25) is 4.90 Å². The molecule has 2 N–H and O–H groups in total. The van der Waals surface area contributed by atoms with Gasteiger partial charge in [0.25, 0.3) is 0 Å². The molecule has 0 aromatic heterocycles. The van der Waals surface area contributed by atoms with Crippen molar-refractivity contribution in [3.8, 4) is 0 Å². The van der Waals surface area contributed by atoms with E-state index in [1.54, 1.807) is 4.90 Å². The second-order valence-corrected chi connectivity index (χ2v) is 7.07. The highest BCUT2D eigenvalue weighted by molar-refractivity contribution is 5.95. The van der Waals surface area contributed by atoms with E-state index in [0.717, 1.165) is 25.2 Å². The lowest BCUT2D eigenvalue weighted by Crippen LogP contribution is -2.50. The van der Waals surface area contributed by atoms with E-state index < -0.39 is 0 Å². The van der Waals surface area contributed by atoms with Crippen LogP contribution in [0, 0.1) is 5.92 Å². The van der Waals surface area contributed by atoms with Gasteiger partial charge in [0.1, 0.15) is 0 Å². The molecule has 3 rings (SSSR count). The molecular formula is C18H27N5O2. The van der Waals surface area contributed by atoms with Gasteiger partial charge in [-0.15, -0.1) is 0 Å². The lowest BCUT2D eigenvalue weighted by Gasteiger charge is -2.39. The van der Waals surface area contributed by atoms with Crippen LogP contribution in [0.3, 0.4) is 0 Å². The van der Waals surface area contributed by atoms with E-state index in [1.165, 1.54) is 0 Å². The Kier molecular flexibility index (Phi) is 5.13. The number of amides is 4. The number of benzene rings is 1. The third-order valence-corrected chi connectivity index (χ3v) is 5.15. The monoisotopic (exact) mass is 345 g/mol. The number of nitrogens with one attached hydrogen (secondary N) is 2. The molecule has 2 saturated heterocycles. The van der Waals surface area contributed by atoms with Gasteiger partial charge in [-0.2, -0.15) is 0 Å². The fourth-order valence-corrected chi connectivity index (χ4v) is 3.75. The maximum Gasteiger partial charge on any atom is 0.321 e. The molecule has 0 saturated carbocycles. The molecule has 1 aromatic rings. The van der Waals surface area contributed by atoms with Gasteiger partial charge < -0.3 is 20.4 Å². The molecule has 7 nitrogen and oxygen atoms in total. The predicted octanol–water partition coefficient (Wildman–Crippen LogP) is 2.02. The average molecular weight is 345 g/mol. The van der Waals surface area contributed by atoms with Gasteiger partial charge in [-0.1, -0.05) is 13.0 Å². The molecule has 2 fully saturated rings. The molecule has 0 spiro atoms. The SMILES string of the molecule is C[C@H]1CN(C)CC[C@H]1N(C)C(=O)Nc1cccc(N2CCNC2=O)c1. The molecule has 0 radical (unpaired) electrons. The maximum atomic E-state index is 12.6. The summed E-state index contributed by atoms with van der Waals surface area (Å²) in [6.07, 6.45) is 0.982. The Hall–Kier alpha value is -2.28. The minimum absolute atomic E-state index is 0.0965. The van der Waals surface area contributed by atoms with E-state index in [9.17, 15) is 9.59 Å². The first-order chi connectivity index (χ1) is 12.0. The van der Waals surface area contributed by atoms with Crippen molar-refractivity contribution in [1.29, 1.82) is 0 Å². The molecule has 4 amide bonds. The summed E-state index contributed by atoms with van der Waals surface area (Å²) < 4.78 is 0. The topological polar surface area (TPSA) is 67.9 Å². The largest absolute Gasteiger partial charge is 0.336 e. The van der Waals surface area contributed by atoms with Gasteiger partial charge in [-0.05, 0) is 44.1 Å². The van der Waals surface area contributed by atoms with Crippen molar-refractivity contribution in [2.75, 3.05) is 50.5 Å². The van der Waals surface area contributed by atoms with Gasteiger partial charge >= 0.3 is 12.1 Å². The molecule has 25 heavy (non-hydrogen) atoms. The second kappa shape index (κ2) is 7.31. The minimum atomic E-state index is -0.107. The Morgan fingerprint density at radius 1 is 1.36 bits per heavy atom. The molecule has 1 aromatic carbocycles. The van der Waals surface area contributed by atoms with Gasteiger partial charge in [0.15, 0.2) is 0 Å². The molecule has 2 aliphatic rings. The van der Waals surface area contributed by atoms with Crippen molar-refractivity contribution in [2.45, 2.75) is 19.4 Å². The predicted molar refractivity (Wildman–Crippen MR) is 99.0 cm³/mol. The Balaban J connectivity index is 1.65. The van der Waals surface area contributed by atoms with Crippen molar-refractivity contribution >= 4 is 23.4 Å². The van der Waals surface area contributed by atoms with Crippen molar-refractivity contribution in [2.24, 2.45) is 5.92 Å². The fourth-order valence-electron chi connectivity index (χ4n) is 3.75. The summed E-state index contributed by atoms with van der Waals surface area (Å²) in [4.78, 5) is 30.2. The number of likely N-dealkylation sites (tertiary alicyclic amines) is 1. The summed E-state index contributed by atoms with van der Waals surface area (Å²) >= 11 is 0. The Labute approximate surface area is 149 Å². The Morgan fingerprint density at radius 2 is 2.16 bits per heavy atom. The summed E-state index contributed by atoms with van der Waals surface area (Å²) in [6, 6.07) is 7.46. The summed E-state index contributed by atoms with van der Waals surface area (Å²) in [5.41, 5.74) is 1.50. The Bertz CT molecular complexity index is 650. The maximum absolute atomic E-state index is 12.6. The third kappa shape index (κ3) is 3.87. The number of nitrogens with zero attached hydrogens (tertiary/aromatic N) is 3. The normalized spacial score (nSPS) is 24.1. The summed E-state index contributed by atoms with van der Waals surface area (Å²) in [5, 5.41) is 5.75. The minimum Gasteiger partial charge on any atom is -0.336 e. The number of carbonyl (C=O) groups excluding carboxylic acids is 2. The van der Waals surface area contributed by atoms with Crippen LogP contribution < -0.4 is 15.5 Å². The first-order valence-electron chi connectivity index (χ1n) is 8.83. The molecule has 0 bridgehead atoms. The van der Waals surface area contributed by atoms with E-state index >= 15 is 0 Å². The van der Waals surface area contributed by atoms with E-state index in [2.05, 4.69) is 29.5 Å². The van der Waals surface area contributed by atoms with Gasteiger partial charge in [-0.25, -0.2) is 9.59 Å². The first-order valence-corrected chi connectivity index (χ1v) is 8.83. The summed E-state index contributed by atoms with van der Waals surface area (Å²) in [5.74, 6) is 0.439. The zero-order chi connectivity index (χ0) is 18.0. The summed E-state index contributed by atoms with van der Waals surface area (Å²) in [6.45, 7) is 5.49. The highest BCUT2D eigenvalue weighted by Gasteiger charge is 2.30. The molecule has 7 heteroatoms. The van der Waals surface area contributed by atoms with Crippen LogP contribution in [0.15, 0.2) is 24.3 Å². The molecule has 0 aliphatic carbocycles. The van der Waals surface area contributed by atoms with Crippen molar-refractivity contribution in [1.82, 2.24) is 15.1 Å². The standard InChI is InChI=1S/C18H27N5O2/c1-13-12-21(2)9-7-16(13)22(3)18(25)20-14-5-4-6-15(11-14)23-10-8-19-17(23)24/h4-6,11,13,16H,7-10,12H2,1-3H3,(H,19,24)(H,20,25)/t13-,16+/m0/s1. The number of anilines is 2. The zero-order valence-electron chi connectivity index (χ0n) is 15.2. The average Bonchev–Trinajstić information content (AvgIpc) is 3.00. The van der Waals surface area contributed by atoms with Crippen LogP contribution in [0.4, 0.5) is 21.0 Å². The molecule has 0 unspecified atom stereocenters. The van der Waals surface area contributed by atoms with E-state index in [0.29, 0.717) is 24.7 Å². The van der Waals surface area contributed by atoms with Crippen molar-refractivity contribution in [3.05, 3.63) is 24.3 Å². The van der Waals surface area contributed by atoms with Crippen molar-refractivity contribution in [3.63, 3.8) is 0 Å². The molecule has 2 aliphatic heterocycles. The zero-order valence-corrected chi connectivity index (χ0v) is 15.2. The molecule has 2 atom stereocenters. The number of piperidine rings is 1. The van der Waals surface area contributed by atoms with Gasteiger partial charge in [0, 0.05) is 44.1 Å².